The second-order valence-electron chi connectivity index (χ2n) is 6.75. The molecular formula is C21H19N3OS. The van der Waals surface area contributed by atoms with Gasteiger partial charge in [0, 0.05) is 24.0 Å². The molecule has 130 valence electrons. The van der Waals surface area contributed by atoms with Crippen molar-refractivity contribution in [3.8, 4) is 10.6 Å². The fourth-order valence-electron chi connectivity index (χ4n) is 3.58. The Hall–Kier alpha value is -2.50. The molecule has 5 heteroatoms. The van der Waals surface area contributed by atoms with Crippen molar-refractivity contribution in [1.29, 1.82) is 0 Å². The molecule has 1 aliphatic rings. The molecule has 0 atom stereocenters. The number of benzene rings is 2. The van der Waals surface area contributed by atoms with E-state index in [0.717, 1.165) is 58.7 Å². The van der Waals surface area contributed by atoms with Crippen LogP contribution in [0.5, 0.6) is 0 Å². The maximum absolute atomic E-state index is 9.80. The van der Waals surface area contributed by atoms with Crippen LogP contribution >= 0.6 is 11.3 Å². The first-order chi connectivity index (χ1) is 12.8. The molecule has 26 heavy (non-hydrogen) atoms. The molecule has 2 aromatic heterocycles. The van der Waals surface area contributed by atoms with Crippen LogP contribution in [0.1, 0.15) is 12.8 Å². The van der Waals surface area contributed by atoms with Crippen LogP contribution in [0, 0.1) is 0 Å². The Labute approximate surface area is 155 Å². The van der Waals surface area contributed by atoms with Gasteiger partial charge in [-0.2, -0.15) is 0 Å². The predicted octanol–water partition coefficient (Wildman–Crippen LogP) is 4.47. The van der Waals surface area contributed by atoms with Crippen LogP contribution < -0.4 is 4.90 Å². The highest BCUT2D eigenvalue weighted by atomic mass is 32.1. The van der Waals surface area contributed by atoms with E-state index < -0.39 is 0 Å². The summed E-state index contributed by atoms with van der Waals surface area (Å²) in [6.07, 6.45) is 1.41. The van der Waals surface area contributed by atoms with Crippen LogP contribution in [0.3, 0.4) is 0 Å². The van der Waals surface area contributed by atoms with Crippen molar-refractivity contribution in [3.63, 3.8) is 0 Å². The van der Waals surface area contributed by atoms with Gasteiger partial charge in [0.25, 0.3) is 0 Å². The van der Waals surface area contributed by atoms with Crippen molar-refractivity contribution in [3.05, 3.63) is 54.6 Å². The lowest BCUT2D eigenvalue weighted by Gasteiger charge is -2.31. The molecule has 1 fully saturated rings. The van der Waals surface area contributed by atoms with Crippen LogP contribution in [0.2, 0.25) is 0 Å². The van der Waals surface area contributed by atoms with Gasteiger partial charge in [0.05, 0.1) is 21.8 Å². The van der Waals surface area contributed by atoms with E-state index in [9.17, 15) is 5.11 Å². The molecule has 1 aliphatic heterocycles. The number of aliphatic hydroxyl groups excluding tert-OH is 1. The normalized spacial score (nSPS) is 15.8. The van der Waals surface area contributed by atoms with Crippen LogP contribution in [-0.2, 0) is 0 Å². The number of anilines is 1. The summed E-state index contributed by atoms with van der Waals surface area (Å²) in [6.45, 7) is 1.68. The average molecular weight is 361 g/mol. The topological polar surface area (TPSA) is 49.2 Å². The Bertz CT molecular complexity index is 1050. The Morgan fingerprint density at radius 1 is 0.923 bits per heavy atom. The van der Waals surface area contributed by atoms with Gasteiger partial charge in [0.15, 0.2) is 0 Å². The molecule has 0 spiro atoms. The van der Waals surface area contributed by atoms with E-state index >= 15 is 0 Å². The highest BCUT2D eigenvalue weighted by Gasteiger charge is 2.20. The number of hydrogen-bond donors (Lipinski definition) is 1. The summed E-state index contributed by atoms with van der Waals surface area (Å²) in [4.78, 5) is 12.0. The number of hydrogen-bond acceptors (Lipinski definition) is 5. The number of fused-ring (bicyclic) bond motifs is 2. The largest absolute Gasteiger partial charge is 0.393 e. The highest BCUT2D eigenvalue weighted by Crippen LogP contribution is 2.36. The van der Waals surface area contributed by atoms with Gasteiger partial charge in [0.2, 0.25) is 0 Å². The number of thiazole rings is 1. The number of piperidine rings is 1. The summed E-state index contributed by atoms with van der Waals surface area (Å²) in [7, 11) is 0. The molecule has 5 rings (SSSR count). The summed E-state index contributed by atoms with van der Waals surface area (Å²) in [6, 6.07) is 18.7. The number of para-hydroxylation sites is 2. The number of aromatic nitrogens is 2. The summed E-state index contributed by atoms with van der Waals surface area (Å²) in [5, 5.41) is 12.0. The first-order valence-electron chi connectivity index (χ1n) is 8.97. The minimum atomic E-state index is -0.185. The molecule has 0 radical (unpaired) electrons. The van der Waals surface area contributed by atoms with Gasteiger partial charge in [-0.3, -0.25) is 0 Å². The zero-order valence-electron chi connectivity index (χ0n) is 14.3. The lowest BCUT2D eigenvalue weighted by Crippen LogP contribution is -2.36. The fourth-order valence-corrected chi connectivity index (χ4v) is 4.58. The lowest BCUT2D eigenvalue weighted by molar-refractivity contribution is 0.145. The Morgan fingerprint density at radius 3 is 2.46 bits per heavy atom. The first-order valence-corrected chi connectivity index (χ1v) is 9.78. The summed E-state index contributed by atoms with van der Waals surface area (Å²) in [5.41, 5.74) is 3.17. The van der Waals surface area contributed by atoms with E-state index in [-0.39, 0.29) is 6.10 Å². The van der Waals surface area contributed by atoms with Gasteiger partial charge < -0.3 is 10.0 Å². The summed E-state index contributed by atoms with van der Waals surface area (Å²) < 4.78 is 1.20. The molecule has 0 amide bonds. The van der Waals surface area contributed by atoms with Crippen molar-refractivity contribution < 1.29 is 5.11 Å². The minimum Gasteiger partial charge on any atom is -0.393 e. The van der Waals surface area contributed by atoms with Crippen molar-refractivity contribution in [1.82, 2.24) is 9.97 Å². The van der Waals surface area contributed by atoms with Gasteiger partial charge in [-0.05, 0) is 37.1 Å². The predicted molar refractivity (Wildman–Crippen MR) is 108 cm³/mol. The van der Waals surface area contributed by atoms with E-state index in [2.05, 4.69) is 47.4 Å². The van der Waals surface area contributed by atoms with Gasteiger partial charge in [-0.1, -0.05) is 30.3 Å². The standard InChI is InChI=1S/C21H19N3OS/c25-14-9-11-24(12-10-14)20-13-16(15-5-1-2-6-17(15)22-20)21-23-18-7-3-4-8-19(18)26-21/h1-8,13-14,25H,9-12H2. The molecule has 0 saturated carbocycles. The smallest absolute Gasteiger partial charge is 0.129 e. The third-order valence-corrected chi connectivity index (χ3v) is 6.09. The van der Waals surface area contributed by atoms with E-state index in [1.807, 2.05) is 12.1 Å². The maximum Gasteiger partial charge on any atom is 0.129 e. The molecule has 3 heterocycles. The molecule has 0 aliphatic carbocycles. The van der Waals surface area contributed by atoms with Gasteiger partial charge in [-0.15, -0.1) is 11.3 Å². The van der Waals surface area contributed by atoms with Crippen molar-refractivity contribution >= 4 is 38.3 Å². The molecule has 0 unspecified atom stereocenters. The third kappa shape index (κ3) is 2.73. The van der Waals surface area contributed by atoms with Gasteiger partial charge in [0.1, 0.15) is 10.8 Å². The summed E-state index contributed by atoms with van der Waals surface area (Å²) in [5.74, 6) is 0.977. The number of nitrogens with zero attached hydrogens (tertiary/aromatic N) is 3. The van der Waals surface area contributed by atoms with Crippen molar-refractivity contribution in [2.45, 2.75) is 18.9 Å². The zero-order valence-corrected chi connectivity index (χ0v) is 15.1. The lowest BCUT2D eigenvalue weighted by atomic mass is 10.1. The van der Waals surface area contributed by atoms with Crippen LogP contribution in [0.25, 0.3) is 31.7 Å². The molecule has 4 nitrogen and oxygen atoms in total. The SMILES string of the molecule is OC1CCN(c2cc(-c3nc4ccccc4s3)c3ccccc3n2)CC1. The molecule has 4 aromatic rings. The Morgan fingerprint density at radius 2 is 1.65 bits per heavy atom. The van der Waals surface area contributed by atoms with Crippen LogP contribution in [0.4, 0.5) is 5.82 Å². The van der Waals surface area contributed by atoms with E-state index in [0.29, 0.717) is 0 Å². The van der Waals surface area contributed by atoms with Crippen LogP contribution in [-0.4, -0.2) is 34.3 Å². The number of pyridine rings is 1. The quantitative estimate of drug-likeness (QED) is 0.572. The van der Waals surface area contributed by atoms with Gasteiger partial charge >= 0.3 is 0 Å². The highest BCUT2D eigenvalue weighted by molar-refractivity contribution is 7.21. The van der Waals surface area contributed by atoms with Crippen LogP contribution in [0.15, 0.2) is 54.6 Å². The molecule has 1 saturated heterocycles. The van der Waals surface area contributed by atoms with E-state index in [1.165, 1.54) is 4.70 Å². The molecule has 1 N–H and O–H groups in total. The number of rotatable bonds is 2. The van der Waals surface area contributed by atoms with Crippen molar-refractivity contribution in [2.24, 2.45) is 0 Å². The fraction of sp³-hybridized carbons (Fsp3) is 0.238. The Balaban J connectivity index is 1.67. The second kappa shape index (κ2) is 6.34. The first kappa shape index (κ1) is 15.7. The second-order valence-corrected chi connectivity index (χ2v) is 7.78. The molecular weight excluding hydrogens is 342 g/mol. The minimum absolute atomic E-state index is 0.185. The maximum atomic E-state index is 9.80. The number of aliphatic hydroxyl groups is 1. The Kier molecular flexibility index (Phi) is 3.84. The molecule has 2 aromatic carbocycles. The summed E-state index contributed by atoms with van der Waals surface area (Å²) >= 11 is 1.72. The molecule has 0 bridgehead atoms. The average Bonchev–Trinajstić information content (AvgIpc) is 3.12. The monoisotopic (exact) mass is 361 g/mol. The van der Waals surface area contributed by atoms with Crippen molar-refractivity contribution in [2.75, 3.05) is 18.0 Å². The third-order valence-electron chi connectivity index (χ3n) is 5.02. The van der Waals surface area contributed by atoms with E-state index in [1.54, 1.807) is 11.3 Å². The van der Waals surface area contributed by atoms with E-state index in [4.69, 9.17) is 9.97 Å². The van der Waals surface area contributed by atoms with Gasteiger partial charge in [-0.25, -0.2) is 9.97 Å². The zero-order chi connectivity index (χ0) is 17.5.